The quantitative estimate of drug-likeness (QED) is 0.458. The SMILES string of the molecule is [C-]#[N+]c1cc(Cl)c(-c2nc3c(Nc4cc(C)ncn4)nccc3[nH]2)c(Cl)c1. The van der Waals surface area contributed by atoms with Crippen molar-refractivity contribution in [2.75, 3.05) is 5.32 Å². The fourth-order valence-corrected chi connectivity index (χ4v) is 3.29. The van der Waals surface area contributed by atoms with E-state index < -0.39 is 0 Å². The number of pyridine rings is 1. The Morgan fingerprint density at radius 2 is 1.89 bits per heavy atom. The van der Waals surface area contributed by atoms with Crippen LogP contribution in [0.5, 0.6) is 0 Å². The first-order chi connectivity index (χ1) is 13.0. The Balaban J connectivity index is 1.81. The third-order valence-corrected chi connectivity index (χ3v) is 4.44. The predicted molar refractivity (Wildman–Crippen MR) is 106 cm³/mol. The van der Waals surface area contributed by atoms with Gasteiger partial charge in [0.15, 0.2) is 11.5 Å². The van der Waals surface area contributed by atoms with Crippen molar-refractivity contribution >= 4 is 51.6 Å². The predicted octanol–water partition coefficient (Wildman–Crippen LogP) is 5.32. The van der Waals surface area contributed by atoms with E-state index in [-0.39, 0.29) is 0 Å². The average molecular weight is 396 g/mol. The lowest BCUT2D eigenvalue weighted by Crippen LogP contribution is -1.98. The van der Waals surface area contributed by atoms with Gasteiger partial charge in [0, 0.05) is 28.0 Å². The highest BCUT2D eigenvalue weighted by Crippen LogP contribution is 2.38. The molecule has 0 saturated heterocycles. The highest BCUT2D eigenvalue weighted by atomic mass is 35.5. The van der Waals surface area contributed by atoms with Crippen LogP contribution in [-0.2, 0) is 0 Å². The van der Waals surface area contributed by atoms with Gasteiger partial charge in [0.2, 0.25) is 0 Å². The van der Waals surface area contributed by atoms with E-state index >= 15 is 0 Å². The average Bonchev–Trinajstić information content (AvgIpc) is 3.05. The van der Waals surface area contributed by atoms with Crippen LogP contribution in [0.15, 0.2) is 36.8 Å². The molecule has 0 saturated carbocycles. The third-order valence-electron chi connectivity index (χ3n) is 3.84. The molecular weight excluding hydrogens is 385 g/mol. The Bertz CT molecular complexity index is 1190. The summed E-state index contributed by atoms with van der Waals surface area (Å²) in [6.07, 6.45) is 3.14. The van der Waals surface area contributed by atoms with Gasteiger partial charge in [-0.05, 0) is 25.1 Å². The number of aromatic nitrogens is 5. The van der Waals surface area contributed by atoms with Gasteiger partial charge in [-0.25, -0.2) is 24.8 Å². The van der Waals surface area contributed by atoms with Crippen molar-refractivity contribution < 1.29 is 0 Å². The lowest BCUT2D eigenvalue weighted by atomic mass is 10.2. The molecule has 3 aromatic heterocycles. The summed E-state index contributed by atoms with van der Waals surface area (Å²) in [4.78, 5) is 23.8. The maximum Gasteiger partial charge on any atom is 0.190 e. The fourth-order valence-electron chi connectivity index (χ4n) is 2.64. The standard InChI is InChI=1S/C18H11Cl2N7/c1-9-5-14(24-8-23-9)26-18-16-13(3-4-22-18)25-17(27-16)15-11(19)6-10(21-2)7-12(15)20/h3-8H,1H3,(H,25,27)(H,22,23,24,26). The first kappa shape index (κ1) is 17.2. The van der Waals surface area contributed by atoms with Crippen molar-refractivity contribution in [1.29, 1.82) is 0 Å². The van der Waals surface area contributed by atoms with Crippen molar-refractivity contribution in [2.24, 2.45) is 0 Å². The Morgan fingerprint density at radius 1 is 1.11 bits per heavy atom. The summed E-state index contributed by atoms with van der Waals surface area (Å²) >= 11 is 12.7. The number of imidazole rings is 1. The lowest BCUT2D eigenvalue weighted by Gasteiger charge is -2.05. The number of hydrogen-bond donors (Lipinski definition) is 2. The summed E-state index contributed by atoms with van der Waals surface area (Å²) in [5.41, 5.74) is 3.11. The molecule has 0 amide bonds. The zero-order valence-electron chi connectivity index (χ0n) is 14.0. The van der Waals surface area contributed by atoms with E-state index in [2.05, 4.69) is 35.1 Å². The van der Waals surface area contributed by atoms with E-state index in [0.717, 1.165) is 11.2 Å². The van der Waals surface area contributed by atoms with Gasteiger partial charge in [0.1, 0.15) is 23.5 Å². The summed E-state index contributed by atoms with van der Waals surface area (Å²) in [5.74, 6) is 1.65. The first-order valence-electron chi connectivity index (χ1n) is 7.82. The maximum atomic E-state index is 7.11. The molecule has 1 aromatic carbocycles. The third kappa shape index (κ3) is 3.28. The highest BCUT2D eigenvalue weighted by molar-refractivity contribution is 6.39. The molecule has 2 N–H and O–H groups in total. The second-order valence-corrected chi connectivity index (χ2v) is 6.52. The minimum Gasteiger partial charge on any atom is -0.338 e. The van der Waals surface area contributed by atoms with Crippen LogP contribution >= 0.6 is 23.2 Å². The molecule has 0 aliphatic carbocycles. The van der Waals surface area contributed by atoms with Crippen molar-refractivity contribution in [3.8, 4) is 11.4 Å². The Hall–Kier alpha value is -3.21. The van der Waals surface area contributed by atoms with E-state index in [9.17, 15) is 0 Å². The van der Waals surface area contributed by atoms with Crippen LogP contribution < -0.4 is 5.32 Å². The fraction of sp³-hybridized carbons (Fsp3) is 0.0556. The number of halogens is 2. The molecule has 27 heavy (non-hydrogen) atoms. The lowest BCUT2D eigenvalue weighted by molar-refractivity contribution is 1.10. The number of benzene rings is 1. The smallest absolute Gasteiger partial charge is 0.190 e. The van der Waals surface area contributed by atoms with E-state index in [1.54, 1.807) is 24.4 Å². The van der Waals surface area contributed by atoms with E-state index in [4.69, 9.17) is 29.8 Å². The first-order valence-corrected chi connectivity index (χ1v) is 8.58. The van der Waals surface area contributed by atoms with Crippen LogP contribution in [0.25, 0.3) is 27.3 Å². The summed E-state index contributed by atoms with van der Waals surface area (Å²) < 4.78 is 0. The number of nitrogens with one attached hydrogen (secondary N) is 2. The Morgan fingerprint density at radius 3 is 2.59 bits per heavy atom. The molecular formula is C18H11Cl2N7. The van der Waals surface area contributed by atoms with Crippen molar-refractivity contribution in [1.82, 2.24) is 24.9 Å². The van der Waals surface area contributed by atoms with E-state index in [1.807, 2.05) is 13.0 Å². The largest absolute Gasteiger partial charge is 0.338 e. The zero-order valence-corrected chi connectivity index (χ0v) is 15.5. The van der Waals surface area contributed by atoms with Gasteiger partial charge in [0.25, 0.3) is 0 Å². The minimum absolute atomic E-state index is 0.349. The normalized spacial score (nSPS) is 10.7. The number of aromatic amines is 1. The number of H-pyrrole nitrogens is 1. The molecule has 0 spiro atoms. The molecule has 3 heterocycles. The number of hydrogen-bond acceptors (Lipinski definition) is 5. The Kier molecular flexibility index (Phi) is 4.36. The summed E-state index contributed by atoms with van der Waals surface area (Å²) in [5, 5.41) is 3.85. The molecule has 4 rings (SSSR count). The molecule has 7 nitrogen and oxygen atoms in total. The Labute approximate surface area is 164 Å². The van der Waals surface area contributed by atoms with Crippen LogP contribution in [0, 0.1) is 13.5 Å². The molecule has 0 bridgehead atoms. The topological polar surface area (TPSA) is 83.7 Å². The van der Waals surface area contributed by atoms with Crippen molar-refractivity contribution in [2.45, 2.75) is 6.92 Å². The summed E-state index contributed by atoms with van der Waals surface area (Å²) in [6.45, 7) is 8.99. The van der Waals surface area contributed by atoms with Gasteiger partial charge in [-0.1, -0.05) is 23.2 Å². The van der Waals surface area contributed by atoms with Gasteiger partial charge < -0.3 is 10.3 Å². The summed E-state index contributed by atoms with van der Waals surface area (Å²) in [7, 11) is 0. The molecule has 0 unspecified atom stereocenters. The number of aryl methyl sites for hydroxylation is 1. The number of rotatable bonds is 3. The second kappa shape index (κ2) is 6.83. The number of nitrogens with zero attached hydrogens (tertiary/aromatic N) is 5. The molecule has 9 heteroatoms. The van der Waals surface area contributed by atoms with Gasteiger partial charge in [0.05, 0.1) is 17.7 Å². The minimum atomic E-state index is 0.349. The molecule has 0 fully saturated rings. The van der Waals surface area contributed by atoms with Crippen LogP contribution in [0.3, 0.4) is 0 Å². The van der Waals surface area contributed by atoms with Gasteiger partial charge in [-0.3, -0.25) is 0 Å². The van der Waals surface area contributed by atoms with Crippen molar-refractivity contribution in [3.63, 3.8) is 0 Å². The molecule has 132 valence electrons. The second-order valence-electron chi connectivity index (χ2n) is 5.71. The van der Waals surface area contributed by atoms with Gasteiger partial charge in [-0.2, -0.15) is 0 Å². The molecule has 0 aliphatic heterocycles. The maximum absolute atomic E-state index is 7.11. The number of anilines is 2. The molecule has 0 atom stereocenters. The molecule has 4 aromatic rings. The van der Waals surface area contributed by atoms with Crippen LogP contribution in [0.1, 0.15) is 5.69 Å². The number of fused-ring (bicyclic) bond motifs is 1. The van der Waals surface area contributed by atoms with E-state index in [1.165, 1.54) is 6.33 Å². The van der Waals surface area contributed by atoms with Gasteiger partial charge in [-0.15, -0.1) is 0 Å². The molecule has 0 aliphatic rings. The van der Waals surface area contributed by atoms with Crippen LogP contribution in [-0.4, -0.2) is 24.9 Å². The van der Waals surface area contributed by atoms with E-state index in [0.29, 0.717) is 44.3 Å². The van der Waals surface area contributed by atoms with Crippen LogP contribution in [0.4, 0.5) is 17.3 Å². The van der Waals surface area contributed by atoms with Gasteiger partial charge >= 0.3 is 0 Å². The summed E-state index contributed by atoms with van der Waals surface area (Å²) in [6, 6.07) is 6.73. The monoisotopic (exact) mass is 395 g/mol. The van der Waals surface area contributed by atoms with Crippen LogP contribution in [0.2, 0.25) is 10.0 Å². The highest BCUT2D eigenvalue weighted by Gasteiger charge is 2.16. The van der Waals surface area contributed by atoms with Crippen molar-refractivity contribution in [3.05, 3.63) is 63.9 Å². The molecule has 0 radical (unpaired) electrons. The zero-order chi connectivity index (χ0) is 19.0.